The van der Waals surface area contributed by atoms with E-state index in [1.807, 2.05) is 0 Å². The lowest BCUT2D eigenvalue weighted by Crippen LogP contribution is -2.30. The van der Waals surface area contributed by atoms with E-state index in [0.717, 1.165) is 12.8 Å². The number of carboxylic acids is 1. The summed E-state index contributed by atoms with van der Waals surface area (Å²) in [6.45, 7) is 1.09. The van der Waals surface area contributed by atoms with E-state index in [-0.39, 0.29) is 23.3 Å². The number of rotatable bonds is 3. The van der Waals surface area contributed by atoms with Gasteiger partial charge in [0.05, 0.1) is 12.5 Å². The van der Waals surface area contributed by atoms with Crippen molar-refractivity contribution < 1.29 is 19.4 Å². The molecule has 92 valence electrons. The second kappa shape index (κ2) is 4.96. The second-order valence-electron chi connectivity index (χ2n) is 3.88. The quantitative estimate of drug-likeness (QED) is 0.711. The highest BCUT2D eigenvalue weighted by Gasteiger charge is 2.22. The van der Waals surface area contributed by atoms with Crippen molar-refractivity contribution in [3.8, 4) is 0 Å². The number of ether oxygens (including phenoxy) is 1. The minimum Gasteiger partial charge on any atom is -0.477 e. The van der Waals surface area contributed by atoms with Gasteiger partial charge in [-0.3, -0.25) is 9.89 Å². The average molecular weight is 239 g/mol. The number of hydrogen-bond donors (Lipinski definition) is 3. The van der Waals surface area contributed by atoms with Crippen molar-refractivity contribution in [2.75, 3.05) is 18.5 Å². The molecule has 0 aromatic carbocycles. The molecule has 3 N–H and O–H groups in total. The smallest absolute Gasteiger partial charge is 0.353 e. The summed E-state index contributed by atoms with van der Waals surface area (Å²) in [7, 11) is 0. The number of carbonyl (C=O) groups is 2. The number of aromatic carboxylic acids is 1. The lowest BCUT2D eigenvalue weighted by atomic mass is 10.0. The number of aromatic nitrogens is 2. The van der Waals surface area contributed by atoms with Gasteiger partial charge >= 0.3 is 5.97 Å². The van der Waals surface area contributed by atoms with Crippen molar-refractivity contribution in [1.29, 1.82) is 0 Å². The Morgan fingerprint density at radius 2 is 2.41 bits per heavy atom. The van der Waals surface area contributed by atoms with E-state index in [2.05, 4.69) is 15.5 Å². The van der Waals surface area contributed by atoms with Gasteiger partial charge in [-0.05, 0) is 12.8 Å². The molecule has 1 aromatic heterocycles. The fourth-order valence-corrected chi connectivity index (χ4v) is 1.67. The summed E-state index contributed by atoms with van der Waals surface area (Å²) in [4.78, 5) is 22.4. The molecule has 0 saturated carbocycles. The number of carboxylic acid groups (broad SMARTS) is 1. The van der Waals surface area contributed by atoms with E-state index in [0.29, 0.717) is 13.2 Å². The fourth-order valence-electron chi connectivity index (χ4n) is 1.67. The largest absolute Gasteiger partial charge is 0.477 e. The van der Waals surface area contributed by atoms with E-state index in [4.69, 9.17) is 9.84 Å². The monoisotopic (exact) mass is 239 g/mol. The third-order valence-electron chi connectivity index (χ3n) is 2.59. The van der Waals surface area contributed by atoms with Crippen LogP contribution in [-0.4, -0.2) is 40.4 Å². The average Bonchev–Trinajstić information content (AvgIpc) is 2.79. The van der Waals surface area contributed by atoms with Crippen molar-refractivity contribution in [2.24, 2.45) is 5.92 Å². The van der Waals surface area contributed by atoms with Gasteiger partial charge in [-0.25, -0.2) is 4.79 Å². The molecule has 7 heteroatoms. The highest BCUT2D eigenvalue weighted by atomic mass is 16.5. The Morgan fingerprint density at radius 3 is 3.00 bits per heavy atom. The first-order valence-corrected chi connectivity index (χ1v) is 5.34. The summed E-state index contributed by atoms with van der Waals surface area (Å²) >= 11 is 0. The van der Waals surface area contributed by atoms with Crippen LogP contribution >= 0.6 is 0 Å². The van der Waals surface area contributed by atoms with Gasteiger partial charge in [-0.1, -0.05) is 0 Å². The number of nitrogens with zero attached hydrogens (tertiary/aromatic N) is 1. The van der Waals surface area contributed by atoms with Crippen LogP contribution in [0.4, 0.5) is 5.82 Å². The summed E-state index contributed by atoms with van der Waals surface area (Å²) in [6, 6.07) is 1.28. The standard InChI is InChI=1S/C10H13N3O4/c14-9(6-2-1-3-17-5-6)11-8-4-7(10(15)16)12-13-8/h4,6H,1-3,5H2,(H,15,16)(H2,11,12,13,14). The second-order valence-corrected chi connectivity index (χ2v) is 3.88. The highest BCUT2D eigenvalue weighted by molar-refractivity contribution is 5.93. The minimum atomic E-state index is -1.11. The third-order valence-corrected chi connectivity index (χ3v) is 2.59. The van der Waals surface area contributed by atoms with Gasteiger partial charge < -0.3 is 15.2 Å². The maximum atomic E-state index is 11.8. The van der Waals surface area contributed by atoms with Gasteiger partial charge in [0.2, 0.25) is 5.91 Å². The number of amides is 1. The van der Waals surface area contributed by atoms with Crippen LogP contribution in [0.25, 0.3) is 0 Å². The van der Waals surface area contributed by atoms with Crippen molar-refractivity contribution in [3.05, 3.63) is 11.8 Å². The number of nitrogens with one attached hydrogen (secondary N) is 2. The molecular formula is C10H13N3O4. The minimum absolute atomic E-state index is 0.0554. The molecule has 1 aliphatic heterocycles. The first kappa shape index (κ1) is 11.6. The molecule has 0 aliphatic carbocycles. The maximum Gasteiger partial charge on any atom is 0.353 e. The van der Waals surface area contributed by atoms with E-state index in [1.54, 1.807) is 0 Å². The van der Waals surface area contributed by atoms with Crippen LogP contribution in [0.2, 0.25) is 0 Å². The highest BCUT2D eigenvalue weighted by Crippen LogP contribution is 2.16. The Balaban J connectivity index is 1.94. The molecule has 1 amide bonds. The third kappa shape index (κ3) is 2.82. The number of carbonyl (C=O) groups excluding carboxylic acids is 1. The predicted octanol–water partition coefficient (Wildman–Crippen LogP) is 0.473. The van der Waals surface area contributed by atoms with Crippen LogP contribution in [0.1, 0.15) is 23.3 Å². The Kier molecular flexibility index (Phi) is 3.38. The van der Waals surface area contributed by atoms with Crippen molar-refractivity contribution in [1.82, 2.24) is 10.2 Å². The number of H-pyrrole nitrogens is 1. The zero-order chi connectivity index (χ0) is 12.3. The van der Waals surface area contributed by atoms with E-state index in [9.17, 15) is 9.59 Å². The number of aromatic amines is 1. The zero-order valence-electron chi connectivity index (χ0n) is 9.10. The molecule has 7 nitrogen and oxygen atoms in total. The summed E-state index contributed by atoms with van der Waals surface area (Å²) in [5.74, 6) is -1.26. The molecule has 2 heterocycles. The Labute approximate surface area is 97.2 Å². The molecule has 0 bridgehead atoms. The number of hydrogen-bond acceptors (Lipinski definition) is 4. The van der Waals surface area contributed by atoms with Crippen molar-refractivity contribution in [3.63, 3.8) is 0 Å². The molecule has 1 fully saturated rings. The first-order chi connectivity index (χ1) is 8.16. The molecule has 1 aliphatic rings. The SMILES string of the molecule is O=C(O)c1cc(NC(=O)C2CCCOC2)n[nH]1. The topological polar surface area (TPSA) is 104 Å². The molecule has 2 rings (SSSR count). The molecule has 1 atom stereocenters. The van der Waals surface area contributed by atoms with Crippen LogP contribution in [0.3, 0.4) is 0 Å². The molecular weight excluding hydrogens is 226 g/mol. The molecule has 1 unspecified atom stereocenters. The van der Waals surface area contributed by atoms with Crippen LogP contribution in [0.5, 0.6) is 0 Å². The summed E-state index contributed by atoms with van der Waals surface area (Å²) in [6.07, 6.45) is 1.64. The van der Waals surface area contributed by atoms with Gasteiger partial charge in [-0.15, -0.1) is 0 Å². The normalized spacial score (nSPS) is 19.9. The number of anilines is 1. The zero-order valence-corrected chi connectivity index (χ0v) is 9.10. The molecule has 0 spiro atoms. The lowest BCUT2D eigenvalue weighted by Gasteiger charge is -2.20. The summed E-state index contributed by atoms with van der Waals surface area (Å²) in [5, 5.41) is 17.3. The van der Waals surface area contributed by atoms with E-state index < -0.39 is 5.97 Å². The van der Waals surface area contributed by atoms with Crippen LogP contribution in [0.15, 0.2) is 6.07 Å². The maximum absolute atomic E-state index is 11.8. The molecule has 1 saturated heterocycles. The summed E-state index contributed by atoms with van der Waals surface area (Å²) < 4.78 is 5.20. The van der Waals surface area contributed by atoms with E-state index in [1.165, 1.54) is 6.07 Å². The van der Waals surface area contributed by atoms with Crippen LogP contribution in [-0.2, 0) is 9.53 Å². The van der Waals surface area contributed by atoms with E-state index >= 15 is 0 Å². The fraction of sp³-hybridized carbons (Fsp3) is 0.500. The van der Waals surface area contributed by atoms with Crippen LogP contribution < -0.4 is 5.32 Å². The van der Waals surface area contributed by atoms with Crippen molar-refractivity contribution in [2.45, 2.75) is 12.8 Å². The Hall–Kier alpha value is -1.89. The molecule has 1 aromatic rings. The molecule has 0 radical (unpaired) electrons. The Morgan fingerprint density at radius 1 is 1.59 bits per heavy atom. The van der Waals surface area contributed by atoms with Gasteiger partial charge in [0.1, 0.15) is 5.69 Å². The van der Waals surface area contributed by atoms with Gasteiger partial charge in [-0.2, -0.15) is 5.10 Å². The van der Waals surface area contributed by atoms with Crippen LogP contribution in [0, 0.1) is 5.92 Å². The first-order valence-electron chi connectivity index (χ1n) is 5.34. The lowest BCUT2D eigenvalue weighted by molar-refractivity contribution is -0.123. The van der Waals surface area contributed by atoms with Gasteiger partial charge in [0.15, 0.2) is 5.82 Å². The summed E-state index contributed by atoms with van der Waals surface area (Å²) in [5.41, 5.74) is -0.0554. The molecule has 17 heavy (non-hydrogen) atoms. The van der Waals surface area contributed by atoms with Gasteiger partial charge in [0.25, 0.3) is 0 Å². The predicted molar refractivity (Wildman–Crippen MR) is 57.7 cm³/mol. The van der Waals surface area contributed by atoms with Crippen molar-refractivity contribution >= 4 is 17.7 Å². The van der Waals surface area contributed by atoms with Gasteiger partial charge in [0, 0.05) is 12.7 Å². The Bertz CT molecular complexity index is 423.